The summed E-state index contributed by atoms with van der Waals surface area (Å²) in [6.45, 7) is -0.526. The molecule has 0 saturated heterocycles. The third-order valence-electron chi connectivity index (χ3n) is 3.79. The van der Waals surface area contributed by atoms with E-state index < -0.39 is 36.3 Å². The number of H-pyrrole nitrogens is 1. The first-order valence-electron chi connectivity index (χ1n) is 8.17. The number of nitriles is 1. The van der Waals surface area contributed by atoms with Crippen LogP contribution in [-0.4, -0.2) is 21.8 Å². The van der Waals surface area contributed by atoms with Crippen molar-refractivity contribution in [3.05, 3.63) is 59.0 Å². The summed E-state index contributed by atoms with van der Waals surface area (Å²) in [6, 6.07) is 6.84. The molecule has 2 aromatic carbocycles. The fraction of sp³-hybridized carbons (Fsp3) is 0.167. The smallest absolute Gasteiger partial charge is 0.489 e. The molecule has 0 aliphatic heterocycles. The van der Waals surface area contributed by atoms with Gasteiger partial charge in [0.2, 0.25) is 0 Å². The molecule has 0 saturated carbocycles. The summed E-state index contributed by atoms with van der Waals surface area (Å²) < 4.78 is 99.0. The average molecular weight is 446 g/mol. The molecule has 0 spiro atoms. The van der Waals surface area contributed by atoms with Gasteiger partial charge in [-0.15, -0.1) is 18.3 Å². The van der Waals surface area contributed by atoms with E-state index in [1.807, 2.05) is 0 Å². The van der Waals surface area contributed by atoms with Gasteiger partial charge in [0.25, 0.3) is 0 Å². The second-order valence-electron chi connectivity index (χ2n) is 5.99. The highest BCUT2D eigenvalue weighted by Crippen LogP contribution is 2.34. The lowest BCUT2D eigenvalue weighted by Gasteiger charge is -2.14. The Kier molecular flexibility index (Phi) is 5.74. The topological polar surface area (TPSA) is 83.8 Å². The molecule has 1 N–H and O–H groups in total. The van der Waals surface area contributed by atoms with Crippen molar-refractivity contribution in [2.45, 2.75) is 19.1 Å². The summed E-state index contributed by atoms with van der Waals surface area (Å²) in [7, 11) is 0. The van der Waals surface area contributed by atoms with E-state index >= 15 is 0 Å². The number of aromatic amines is 1. The van der Waals surface area contributed by atoms with E-state index in [0.29, 0.717) is 12.1 Å². The molecule has 1 aromatic heterocycles. The minimum Gasteiger partial charge on any atom is -0.489 e. The molecule has 1 heterocycles. The number of benzene rings is 2. The normalized spacial score (nSPS) is 11.8. The Labute approximate surface area is 168 Å². The van der Waals surface area contributed by atoms with Gasteiger partial charge in [0.1, 0.15) is 35.7 Å². The summed E-state index contributed by atoms with van der Waals surface area (Å²) in [5, 5.41) is 18.3. The zero-order valence-electron chi connectivity index (χ0n) is 15.0. The third kappa shape index (κ3) is 5.41. The number of halogens is 7. The second-order valence-corrected chi connectivity index (χ2v) is 5.99. The highest BCUT2D eigenvalue weighted by atomic mass is 19.4. The van der Waals surface area contributed by atoms with Gasteiger partial charge in [-0.25, -0.2) is 9.49 Å². The highest BCUT2D eigenvalue weighted by Gasteiger charge is 2.34. The largest absolute Gasteiger partial charge is 0.573 e. The molecule has 0 atom stereocenters. The minimum absolute atomic E-state index is 0.0304. The Morgan fingerprint density at radius 3 is 2.35 bits per heavy atom. The number of rotatable bonds is 5. The molecule has 0 aliphatic rings. The van der Waals surface area contributed by atoms with E-state index in [1.54, 1.807) is 6.07 Å². The molecular formula is C18H9F7N4O2. The maximum atomic E-state index is 13.4. The molecule has 0 fully saturated rings. The quantitative estimate of drug-likeness (QED) is 0.559. The van der Waals surface area contributed by atoms with Crippen LogP contribution in [0.3, 0.4) is 0 Å². The Hall–Kier alpha value is -3.82. The highest BCUT2D eigenvalue weighted by molar-refractivity contribution is 5.67. The van der Waals surface area contributed by atoms with Crippen LogP contribution in [0.2, 0.25) is 0 Å². The summed E-state index contributed by atoms with van der Waals surface area (Å²) in [5.41, 5.74) is -1.87. The zero-order valence-corrected chi connectivity index (χ0v) is 15.0. The lowest BCUT2D eigenvalue weighted by molar-refractivity contribution is -0.274. The summed E-state index contributed by atoms with van der Waals surface area (Å²) in [5.74, 6) is -2.43. The van der Waals surface area contributed by atoms with E-state index in [0.717, 1.165) is 18.2 Å². The monoisotopic (exact) mass is 446 g/mol. The number of hydrogen-bond donors (Lipinski definition) is 1. The molecule has 3 aromatic rings. The van der Waals surface area contributed by atoms with Crippen LogP contribution in [0, 0.1) is 17.1 Å². The van der Waals surface area contributed by atoms with E-state index in [-0.39, 0.29) is 28.3 Å². The second kappa shape index (κ2) is 8.13. The predicted molar refractivity (Wildman–Crippen MR) is 89.0 cm³/mol. The first-order valence-corrected chi connectivity index (χ1v) is 8.17. The zero-order chi connectivity index (χ0) is 22.8. The van der Waals surface area contributed by atoms with Crippen molar-refractivity contribution in [2.75, 3.05) is 0 Å². The van der Waals surface area contributed by atoms with Gasteiger partial charge < -0.3 is 9.47 Å². The molecule has 13 heteroatoms. The van der Waals surface area contributed by atoms with E-state index in [9.17, 15) is 30.7 Å². The molecule has 162 valence electrons. The van der Waals surface area contributed by atoms with Gasteiger partial charge >= 0.3 is 12.5 Å². The van der Waals surface area contributed by atoms with Crippen LogP contribution in [0.25, 0.3) is 11.3 Å². The van der Waals surface area contributed by atoms with Crippen LogP contribution in [0.15, 0.2) is 36.4 Å². The number of aromatic nitrogens is 3. The summed E-state index contributed by atoms with van der Waals surface area (Å²) in [6.07, 6.45) is -9.98. The van der Waals surface area contributed by atoms with Crippen molar-refractivity contribution in [1.82, 2.24) is 15.4 Å². The van der Waals surface area contributed by atoms with Crippen molar-refractivity contribution < 1.29 is 40.2 Å². The number of hydrogen-bond acceptors (Lipinski definition) is 5. The van der Waals surface area contributed by atoms with Gasteiger partial charge in [0, 0.05) is 11.6 Å². The number of nitrogens with zero attached hydrogens (tertiary/aromatic N) is 3. The van der Waals surface area contributed by atoms with Crippen LogP contribution in [0.4, 0.5) is 30.7 Å². The number of alkyl halides is 6. The van der Waals surface area contributed by atoms with Gasteiger partial charge in [-0.1, -0.05) is 11.3 Å². The lowest BCUT2D eigenvalue weighted by Crippen LogP contribution is -2.17. The molecule has 6 nitrogen and oxygen atoms in total. The average Bonchev–Trinajstić information content (AvgIpc) is 3.14. The fourth-order valence-corrected chi connectivity index (χ4v) is 2.54. The van der Waals surface area contributed by atoms with Crippen molar-refractivity contribution in [1.29, 1.82) is 5.26 Å². The van der Waals surface area contributed by atoms with Gasteiger partial charge in [-0.2, -0.15) is 18.4 Å². The predicted octanol–water partition coefficient (Wildman–Crippen LogP) is 4.98. The van der Waals surface area contributed by atoms with Crippen molar-refractivity contribution >= 4 is 0 Å². The molecular weight excluding hydrogens is 437 g/mol. The van der Waals surface area contributed by atoms with E-state index in [2.05, 4.69) is 20.1 Å². The molecule has 0 amide bonds. The molecule has 0 bridgehead atoms. The molecule has 0 radical (unpaired) electrons. The van der Waals surface area contributed by atoms with Gasteiger partial charge in [0.15, 0.2) is 5.69 Å². The van der Waals surface area contributed by atoms with Crippen LogP contribution in [0.1, 0.15) is 16.8 Å². The number of ether oxygens (including phenoxy) is 2. The first-order chi connectivity index (χ1) is 14.5. The first kappa shape index (κ1) is 21.9. The Balaban J connectivity index is 1.93. The SMILES string of the molecule is N#Cc1[nH]nnc1-c1cc(OCc2ccc(F)c(C(F)(F)F)c2)cc(OC(F)(F)F)c1. The summed E-state index contributed by atoms with van der Waals surface area (Å²) >= 11 is 0. The van der Waals surface area contributed by atoms with Gasteiger partial charge in [-0.3, -0.25) is 0 Å². The Morgan fingerprint density at radius 2 is 1.71 bits per heavy atom. The van der Waals surface area contributed by atoms with E-state index in [1.165, 1.54) is 6.07 Å². The maximum Gasteiger partial charge on any atom is 0.573 e. The standard InChI is InChI=1S/C18H9F7N4O2/c19-14-2-1-9(3-13(14)17(20,21)22)8-30-11-4-10(16-15(7-26)27-29-28-16)5-12(6-11)31-18(23,24)25/h1-6H,8H2,(H,27,28,29). The van der Waals surface area contributed by atoms with Crippen LogP contribution >= 0.6 is 0 Å². The number of nitrogens with one attached hydrogen (secondary N) is 1. The van der Waals surface area contributed by atoms with Crippen LogP contribution in [0.5, 0.6) is 11.5 Å². The fourth-order valence-electron chi connectivity index (χ4n) is 2.54. The lowest BCUT2D eigenvalue weighted by atomic mass is 10.1. The van der Waals surface area contributed by atoms with Crippen molar-refractivity contribution in [3.8, 4) is 28.8 Å². The Bertz CT molecular complexity index is 1130. The Morgan fingerprint density at radius 1 is 1.00 bits per heavy atom. The van der Waals surface area contributed by atoms with Crippen LogP contribution in [-0.2, 0) is 12.8 Å². The van der Waals surface area contributed by atoms with Crippen LogP contribution < -0.4 is 9.47 Å². The molecule has 0 unspecified atom stereocenters. The van der Waals surface area contributed by atoms with Gasteiger partial charge in [0.05, 0.1) is 5.56 Å². The van der Waals surface area contributed by atoms with E-state index in [4.69, 9.17) is 10.00 Å². The molecule has 0 aliphatic carbocycles. The summed E-state index contributed by atoms with van der Waals surface area (Å²) in [4.78, 5) is 0. The van der Waals surface area contributed by atoms with Crippen molar-refractivity contribution in [2.24, 2.45) is 0 Å². The van der Waals surface area contributed by atoms with Gasteiger partial charge in [-0.05, 0) is 29.8 Å². The van der Waals surface area contributed by atoms with Crippen molar-refractivity contribution in [3.63, 3.8) is 0 Å². The maximum absolute atomic E-state index is 13.4. The molecule has 31 heavy (non-hydrogen) atoms. The molecule has 3 rings (SSSR count). The third-order valence-corrected chi connectivity index (χ3v) is 3.79. The minimum atomic E-state index is -5.05.